The van der Waals surface area contributed by atoms with Crippen LogP contribution in [0.25, 0.3) is 10.9 Å². The Kier molecular flexibility index (Phi) is 6.83. The number of hydrogen-bond donors (Lipinski definition) is 4. The van der Waals surface area contributed by atoms with Gasteiger partial charge in [-0.05, 0) is 44.2 Å². The molecule has 9 nitrogen and oxygen atoms in total. The van der Waals surface area contributed by atoms with Crippen LogP contribution in [-0.4, -0.2) is 48.5 Å². The van der Waals surface area contributed by atoms with Crippen molar-refractivity contribution in [3.05, 3.63) is 59.1 Å². The number of aliphatic hydroxyl groups is 1. The van der Waals surface area contributed by atoms with Crippen molar-refractivity contribution in [3.63, 3.8) is 0 Å². The molecule has 0 amide bonds. The lowest BCUT2D eigenvalue weighted by Gasteiger charge is -2.16. The fraction of sp³-hybridized carbons (Fsp3) is 0.273. The molecule has 3 heterocycles. The molecule has 11 heteroatoms. The third-order valence-corrected chi connectivity index (χ3v) is 5.13. The highest BCUT2D eigenvalue weighted by Crippen LogP contribution is 2.25. The molecule has 0 atom stereocenters. The van der Waals surface area contributed by atoms with Crippen molar-refractivity contribution < 1.29 is 5.11 Å². The summed E-state index contributed by atoms with van der Waals surface area (Å²) < 4.78 is 1.58. The monoisotopic (exact) mass is 486 g/mol. The van der Waals surface area contributed by atoms with Crippen LogP contribution in [-0.2, 0) is 6.54 Å². The molecule has 1 aromatic carbocycles. The Morgan fingerprint density at radius 2 is 1.79 bits per heavy atom. The van der Waals surface area contributed by atoms with Crippen molar-refractivity contribution in [2.45, 2.75) is 26.0 Å². The lowest BCUT2D eigenvalue weighted by atomic mass is 10.1. The molecule has 33 heavy (non-hydrogen) atoms. The smallest absolute Gasteiger partial charge is 0.229 e. The molecule has 0 bridgehead atoms. The van der Waals surface area contributed by atoms with Gasteiger partial charge in [0.1, 0.15) is 5.82 Å². The first-order valence-corrected chi connectivity index (χ1v) is 11.1. The SMILES string of the molecule is CC(C)(O)Cn1cc(Nc2nccc(NCCNc3ccnc4cc(Cl)ccc34)n2)c(Cl)n1. The number of pyridine rings is 1. The lowest BCUT2D eigenvalue weighted by Crippen LogP contribution is -2.26. The Hall–Kier alpha value is -3.14. The molecule has 0 spiro atoms. The number of hydrogen-bond acceptors (Lipinski definition) is 8. The van der Waals surface area contributed by atoms with Crippen molar-refractivity contribution in [3.8, 4) is 0 Å². The van der Waals surface area contributed by atoms with E-state index in [1.54, 1.807) is 43.2 Å². The Labute approximate surface area is 201 Å². The summed E-state index contributed by atoms with van der Waals surface area (Å²) in [6.45, 7) is 5.02. The van der Waals surface area contributed by atoms with E-state index < -0.39 is 5.60 Å². The average molecular weight is 487 g/mol. The summed E-state index contributed by atoms with van der Waals surface area (Å²) in [5.41, 5.74) is 1.48. The van der Waals surface area contributed by atoms with Crippen LogP contribution in [0.15, 0.2) is 48.9 Å². The average Bonchev–Trinajstić information content (AvgIpc) is 3.08. The molecule has 172 valence electrons. The van der Waals surface area contributed by atoms with Gasteiger partial charge < -0.3 is 21.1 Å². The Morgan fingerprint density at radius 3 is 2.61 bits per heavy atom. The summed E-state index contributed by atoms with van der Waals surface area (Å²) in [5, 5.41) is 25.9. The van der Waals surface area contributed by atoms with Gasteiger partial charge in [0, 0.05) is 41.6 Å². The van der Waals surface area contributed by atoms with Crippen LogP contribution in [0.3, 0.4) is 0 Å². The number of nitrogens with zero attached hydrogens (tertiary/aromatic N) is 5. The molecule has 0 aliphatic carbocycles. The largest absolute Gasteiger partial charge is 0.389 e. The van der Waals surface area contributed by atoms with Crippen LogP contribution >= 0.6 is 23.2 Å². The van der Waals surface area contributed by atoms with E-state index >= 15 is 0 Å². The first kappa shape index (κ1) is 23.0. The summed E-state index contributed by atoms with van der Waals surface area (Å²) in [6, 6.07) is 9.37. The minimum atomic E-state index is -0.906. The maximum Gasteiger partial charge on any atom is 0.229 e. The van der Waals surface area contributed by atoms with Crippen molar-refractivity contribution in [2.24, 2.45) is 0 Å². The number of fused-ring (bicyclic) bond motifs is 1. The quantitative estimate of drug-likeness (QED) is 0.254. The van der Waals surface area contributed by atoms with Crippen molar-refractivity contribution in [2.75, 3.05) is 29.0 Å². The van der Waals surface area contributed by atoms with Gasteiger partial charge in [-0.25, -0.2) is 4.98 Å². The minimum Gasteiger partial charge on any atom is -0.389 e. The highest BCUT2D eigenvalue weighted by molar-refractivity contribution is 6.32. The molecule has 0 radical (unpaired) electrons. The molecule has 4 N–H and O–H groups in total. The Balaban J connectivity index is 1.34. The Morgan fingerprint density at radius 1 is 1.00 bits per heavy atom. The van der Waals surface area contributed by atoms with Gasteiger partial charge >= 0.3 is 0 Å². The number of anilines is 4. The molecule has 0 saturated heterocycles. The topological polar surface area (TPSA) is 113 Å². The van der Waals surface area contributed by atoms with E-state index in [4.69, 9.17) is 23.2 Å². The number of benzene rings is 1. The predicted molar refractivity (Wildman–Crippen MR) is 133 cm³/mol. The van der Waals surface area contributed by atoms with Gasteiger partial charge in [0.15, 0.2) is 5.15 Å². The first-order chi connectivity index (χ1) is 15.8. The number of nitrogens with one attached hydrogen (secondary N) is 3. The maximum atomic E-state index is 9.97. The second kappa shape index (κ2) is 9.78. The summed E-state index contributed by atoms with van der Waals surface area (Å²) in [5.74, 6) is 1.05. The van der Waals surface area contributed by atoms with E-state index in [1.165, 1.54) is 0 Å². The second-order valence-corrected chi connectivity index (χ2v) is 8.90. The zero-order valence-corrected chi connectivity index (χ0v) is 19.7. The third-order valence-electron chi connectivity index (χ3n) is 4.62. The standard InChI is InChI=1S/C22H24Cl2N8O/c1-22(2,33)13-32-12-18(20(24)31-32)29-21-28-8-6-19(30-21)27-10-9-26-16-5-7-25-17-11-14(23)3-4-15(16)17/h3-8,11-12,33H,9-10,13H2,1-2H3,(H,25,26)(H2,27,28,29,30). The molecule has 4 rings (SSSR count). The zero-order valence-electron chi connectivity index (χ0n) is 18.2. The van der Waals surface area contributed by atoms with Crippen LogP contribution in [0.5, 0.6) is 0 Å². The van der Waals surface area contributed by atoms with Crippen molar-refractivity contribution in [1.82, 2.24) is 24.7 Å². The summed E-state index contributed by atoms with van der Waals surface area (Å²) in [4.78, 5) is 13.1. The second-order valence-electron chi connectivity index (χ2n) is 8.11. The van der Waals surface area contributed by atoms with E-state index in [0.29, 0.717) is 42.1 Å². The van der Waals surface area contributed by atoms with Crippen LogP contribution in [0.2, 0.25) is 10.2 Å². The maximum absolute atomic E-state index is 9.97. The van der Waals surface area contributed by atoms with Gasteiger partial charge in [-0.1, -0.05) is 23.2 Å². The number of rotatable bonds is 9. The van der Waals surface area contributed by atoms with Gasteiger partial charge in [0.25, 0.3) is 0 Å². The van der Waals surface area contributed by atoms with Gasteiger partial charge in [-0.3, -0.25) is 9.67 Å². The first-order valence-electron chi connectivity index (χ1n) is 10.3. The van der Waals surface area contributed by atoms with Crippen LogP contribution in [0.4, 0.5) is 23.1 Å². The molecule has 0 aliphatic heterocycles. The third kappa shape index (κ3) is 6.22. The molecule has 3 aromatic heterocycles. The van der Waals surface area contributed by atoms with Crippen molar-refractivity contribution in [1.29, 1.82) is 0 Å². The molecule has 0 unspecified atom stereocenters. The van der Waals surface area contributed by atoms with Crippen molar-refractivity contribution >= 4 is 57.2 Å². The normalized spacial score (nSPS) is 11.5. The summed E-state index contributed by atoms with van der Waals surface area (Å²) in [7, 11) is 0. The van der Waals surface area contributed by atoms with Gasteiger partial charge in [-0.15, -0.1) is 0 Å². The minimum absolute atomic E-state index is 0.274. The molecule has 0 saturated carbocycles. The fourth-order valence-corrected chi connectivity index (χ4v) is 3.62. The van der Waals surface area contributed by atoms with E-state index in [9.17, 15) is 5.11 Å². The Bertz CT molecular complexity index is 1250. The molecule has 4 aromatic rings. The number of aromatic nitrogens is 5. The van der Waals surface area contributed by atoms with Gasteiger partial charge in [0.2, 0.25) is 5.95 Å². The molecule has 0 aliphatic rings. The molecular formula is C22H24Cl2N8O. The molecule has 0 fully saturated rings. The lowest BCUT2D eigenvalue weighted by molar-refractivity contribution is 0.0578. The zero-order chi connectivity index (χ0) is 23.4. The summed E-state index contributed by atoms with van der Waals surface area (Å²) >= 11 is 12.3. The molecular weight excluding hydrogens is 463 g/mol. The van der Waals surface area contributed by atoms with Crippen LogP contribution in [0, 0.1) is 0 Å². The predicted octanol–water partition coefficient (Wildman–Crippen LogP) is 4.57. The highest BCUT2D eigenvalue weighted by Gasteiger charge is 2.16. The van der Waals surface area contributed by atoms with E-state index in [0.717, 1.165) is 16.6 Å². The van der Waals surface area contributed by atoms with Gasteiger partial charge in [0.05, 0.1) is 29.5 Å². The van der Waals surface area contributed by atoms with Gasteiger partial charge in [-0.2, -0.15) is 10.1 Å². The van der Waals surface area contributed by atoms with E-state index in [1.807, 2.05) is 24.3 Å². The van der Waals surface area contributed by atoms with E-state index in [-0.39, 0.29) is 5.15 Å². The van der Waals surface area contributed by atoms with Crippen LogP contribution < -0.4 is 16.0 Å². The fourth-order valence-electron chi connectivity index (χ4n) is 3.26. The summed E-state index contributed by atoms with van der Waals surface area (Å²) in [6.07, 6.45) is 5.12. The highest BCUT2D eigenvalue weighted by atomic mass is 35.5. The van der Waals surface area contributed by atoms with Crippen LogP contribution in [0.1, 0.15) is 13.8 Å². The van der Waals surface area contributed by atoms with E-state index in [2.05, 4.69) is 36.0 Å². The number of halogens is 2.